The van der Waals surface area contributed by atoms with Crippen molar-refractivity contribution >= 4 is 31.4 Å². The minimum absolute atomic E-state index is 0.0230. The van der Waals surface area contributed by atoms with E-state index in [1.165, 1.54) is 7.11 Å². The second-order valence-corrected chi connectivity index (χ2v) is 9.86. The van der Waals surface area contributed by atoms with E-state index in [1.807, 2.05) is 0 Å². The van der Waals surface area contributed by atoms with Crippen molar-refractivity contribution in [3.05, 3.63) is 11.6 Å². The van der Waals surface area contributed by atoms with Gasteiger partial charge in [0.1, 0.15) is 8.42 Å². The van der Waals surface area contributed by atoms with Crippen LogP contribution in [0.1, 0.15) is 31.7 Å². The average molecular weight is 389 g/mol. The van der Waals surface area contributed by atoms with Gasteiger partial charge in [-0.1, -0.05) is 6.85 Å². The Bertz CT molecular complexity index is 929. The van der Waals surface area contributed by atoms with Gasteiger partial charge in [0.2, 0.25) is 10.0 Å². The summed E-state index contributed by atoms with van der Waals surface area (Å²) in [5.41, 5.74) is -0.0230. The van der Waals surface area contributed by atoms with Crippen molar-refractivity contribution in [3.63, 3.8) is 0 Å². The van der Waals surface area contributed by atoms with Crippen LogP contribution in [0.4, 0.5) is 0 Å². The molecule has 0 unspecified atom stereocenters. The molecule has 0 spiro atoms. The van der Waals surface area contributed by atoms with E-state index in [-0.39, 0.29) is 29.5 Å². The zero-order valence-electron chi connectivity index (χ0n) is 17.3. The summed E-state index contributed by atoms with van der Waals surface area (Å²) in [5.74, 6) is 0. The van der Waals surface area contributed by atoms with E-state index in [0.717, 1.165) is 10.4 Å². The lowest BCUT2D eigenvalue weighted by Crippen LogP contribution is -2.43. The van der Waals surface area contributed by atoms with Crippen LogP contribution in [0.25, 0.3) is 0 Å². The SMILES string of the molecule is [2H]C([2H])([2H])C([2H])([2H])N[C@H]1CN(CCCOC)S(=O)(=O)c2sc(S(N)(=O)=O)cc21. The molecule has 1 aliphatic rings. The number of rotatable bonds is 7. The summed E-state index contributed by atoms with van der Waals surface area (Å²) in [5, 5.41) is 7.42. The Balaban J connectivity index is 2.52. The molecule has 0 saturated carbocycles. The van der Waals surface area contributed by atoms with E-state index in [0.29, 0.717) is 17.8 Å². The number of fused-ring (bicyclic) bond motifs is 1. The number of methoxy groups -OCH3 is 1. The van der Waals surface area contributed by atoms with Crippen molar-refractivity contribution in [1.29, 1.82) is 0 Å². The van der Waals surface area contributed by atoms with Gasteiger partial charge in [0.25, 0.3) is 10.0 Å². The summed E-state index contributed by atoms with van der Waals surface area (Å²) in [6.45, 7) is -5.82. The number of ether oxygens (including phenoxy) is 1. The first-order valence-corrected chi connectivity index (χ1v) is 10.3. The van der Waals surface area contributed by atoms with Crippen LogP contribution in [-0.4, -0.2) is 54.4 Å². The molecule has 11 heteroatoms. The maximum atomic E-state index is 12.9. The summed E-state index contributed by atoms with van der Waals surface area (Å²) >= 11 is 0.453. The Morgan fingerprint density at radius 3 is 3.00 bits per heavy atom. The van der Waals surface area contributed by atoms with E-state index in [2.05, 4.69) is 5.32 Å². The standard InChI is InChI=1S/C12H21N3O5S3/c1-3-14-10-8-15(5-4-6-20-2)23(18,19)12-9(10)7-11(21-12)22(13,16)17/h7,10,14H,3-6,8H2,1-2H3,(H2,13,16,17)/t10-/m0/s1/i1D3,3D2. The summed E-state index contributed by atoms with van der Waals surface area (Å²) in [7, 11) is -6.80. The Morgan fingerprint density at radius 2 is 2.39 bits per heavy atom. The van der Waals surface area contributed by atoms with Gasteiger partial charge in [-0.05, 0) is 19.0 Å². The second kappa shape index (κ2) is 7.13. The number of thiophene rings is 1. The van der Waals surface area contributed by atoms with Crippen LogP contribution in [0.15, 0.2) is 14.5 Å². The van der Waals surface area contributed by atoms with Gasteiger partial charge in [-0.3, -0.25) is 0 Å². The van der Waals surface area contributed by atoms with Crippen LogP contribution in [0.3, 0.4) is 0 Å². The van der Waals surface area contributed by atoms with E-state index in [4.69, 9.17) is 16.7 Å². The number of hydrogen-bond donors (Lipinski definition) is 2. The molecule has 3 N–H and O–H groups in total. The van der Waals surface area contributed by atoms with Crippen molar-refractivity contribution in [1.82, 2.24) is 9.62 Å². The van der Waals surface area contributed by atoms with Gasteiger partial charge in [0.05, 0.1) is 0 Å². The zero-order chi connectivity index (χ0) is 21.5. The largest absolute Gasteiger partial charge is 0.385 e. The molecule has 1 aromatic heterocycles. The normalized spacial score (nSPS) is 25.7. The Hall–Kier alpha value is -0.560. The topological polar surface area (TPSA) is 119 Å². The molecule has 1 aliphatic heterocycles. The van der Waals surface area contributed by atoms with Crippen LogP contribution in [0.2, 0.25) is 0 Å². The van der Waals surface area contributed by atoms with Crippen LogP contribution in [0, 0.1) is 0 Å². The van der Waals surface area contributed by atoms with E-state index < -0.39 is 43.6 Å². The fourth-order valence-corrected chi connectivity index (χ4v) is 6.58. The minimum Gasteiger partial charge on any atom is -0.385 e. The lowest BCUT2D eigenvalue weighted by atomic mass is 10.1. The Morgan fingerprint density at radius 1 is 1.65 bits per heavy atom. The molecule has 132 valence electrons. The molecular weight excluding hydrogens is 362 g/mol. The quantitative estimate of drug-likeness (QED) is 0.639. The Kier molecular flexibility index (Phi) is 3.95. The highest BCUT2D eigenvalue weighted by molar-refractivity contribution is 7.94. The third-order valence-electron chi connectivity index (χ3n) is 3.32. The van der Waals surface area contributed by atoms with Crippen LogP contribution >= 0.6 is 11.3 Å². The molecule has 0 bridgehead atoms. The summed E-state index contributed by atoms with van der Waals surface area (Å²) in [6.07, 6.45) is 0.345. The van der Waals surface area contributed by atoms with Gasteiger partial charge < -0.3 is 10.1 Å². The zero-order valence-corrected chi connectivity index (χ0v) is 14.7. The van der Waals surface area contributed by atoms with Crippen molar-refractivity contribution < 1.29 is 28.4 Å². The van der Waals surface area contributed by atoms with E-state index in [1.54, 1.807) is 0 Å². The molecule has 0 saturated heterocycles. The fourth-order valence-electron chi connectivity index (χ4n) is 2.27. The van der Waals surface area contributed by atoms with Crippen molar-refractivity contribution in [2.75, 3.05) is 33.3 Å². The summed E-state index contributed by atoms with van der Waals surface area (Å²) < 4.78 is 91.9. The minimum atomic E-state index is -4.20. The molecule has 0 radical (unpaired) electrons. The van der Waals surface area contributed by atoms with Gasteiger partial charge in [0.15, 0.2) is 0 Å². The van der Waals surface area contributed by atoms with Crippen molar-refractivity contribution in [3.8, 4) is 0 Å². The van der Waals surface area contributed by atoms with Gasteiger partial charge in [-0.2, -0.15) is 4.31 Å². The highest BCUT2D eigenvalue weighted by atomic mass is 32.3. The molecule has 0 fully saturated rings. The van der Waals surface area contributed by atoms with E-state index in [9.17, 15) is 16.8 Å². The molecule has 8 nitrogen and oxygen atoms in total. The number of likely N-dealkylation sites (N-methyl/N-ethyl adjacent to an activating group) is 1. The first-order chi connectivity index (χ1) is 12.6. The number of nitrogens with zero attached hydrogens (tertiary/aromatic N) is 1. The molecule has 23 heavy (non-hydrogen) atoms. The predicted molar refractivity (Wildman–Crippen MR) is 87.4 cm³/mol. The second-order valence-electron chi connectivity index (χ2n) is 4.88. The van der Waals surface area contributed by atoms with Gasteiger partial charge in [0, 0.05) is 45.3 Å². The number of nitrogens with one attached hydrogen (secondary N) is 1. The molecular formula is C12H21N3O5S3. The molecule has 0 aliphatic carbocycles. The van der Waals surface area contributed by atoms with Gasteiger partial charge in [-0.25, -0.2) is 22.0 Å². The lowest BCUT2D eigenvalue weighted by molar-refractivity contribution is 0.185. The summed E-state index contributed by atoms with van der Waals surface area (Å²) in [6, 6.07) is -0.0321. The van der Waals surface area contributed by atoms with Gasteiger partial charge >= 0.3 is 0 Å². The lowest BCUT2D eigenvalue weighted by Gasteiger charge is -2.32. The third-order valence-corrected chi connectivity index (χ3v) is 8.28. The first kappa shape index (κ1) is 12.8. The van der Waals surface area contributed by atoms with Crippen LogP contribution in [0.5, 0.6) is 0 Å². The van der Waals surface area contributed by atoms with Crippen molar-refractivity contribution in [2.24, 2.45) is 5.14 Å². The molecule has 1 atom stereocenters. The molecule has 2 heterocycles. The predicted octanol–water partition coefficient (Wildman–Crippen LogP) is 0.0869. The number of nitrogens with two attached hydrogens (primary N) is 1. The number of sulfonamides is 2. The third kappa shape index (κ3) is 3.92. The molecule has 0 amide bonds. The maximum absolute atomic E-state index is 12.9. The smallest absolute Gasteiger partial charge is 0.252 e. The fraction of sp³-hybridized carbons (Fsp3) is 0.667. The van der Waals surface area contributed by atoms with Crippen molar-refractivity contribution in [2.45, 2.75) is 27.7 Å². The summed E-state index contributed by atoms with van der Waals surface area (Å²) in [4.78, 5) is 0. The highest BCUT2D eigenvalue weighted by Crippen LogP contribution is 2.39. The van der Waals surface area contributed by atoms with E-state index >= 15 is 0 Å². The maximum Gasteiger partial charge on any atom is 0.252 e. The molecule has 1 aromatic rings. The van der Waals surface area contributed by atoms with Gasteiger partial charge in [-0.15, -0.1) is 11.3 Å². The molecule has 0 aromatic carbocycles. The Labute approximate surface area is 147 Å². The average Bonchev–Trinajstić information content (AvgIpc) is 2.97. The van der Waals surface area contributed by atoms with Crippen LogP contribution < -0.4 is 10.5 Å². The number of primary sulfonamides is 1. The monoisotopic (exact) mass is 388 g/mol. The number of hydrogen-bond acceptors (Lipinski definition) is 7. The molecule has 2 rings (SSSR count). The first-order valence-electron chi connectivity index (χ1n) is 9.04. The van der Waals surface area contributed by atoms with Crippen LogP contribution in [-0.2, 0) is 24.8 Å². The highest BCUT2D eigenvalue weighted by Gasteiger charge is 2.39.